The van der Waals surface area contributed by atoms with Gasteiger partial charge in [-0.15, -0.1) is 13.2 Å². The van der Waals surface area contributed by atoms with Crippen molar-refractivity contribution in [1.29, 1.82) is 0 Å². The molecular weight excluding hydrogens is 357 g/mol. The quantitative estimate of drug-likeness (QED) is 0.727. The summed E-state index contributed by atoms with van der Waals surface area (Å²) < 4.78 is 39.9. The van der Waals surface area contributed by atoms with Crippen LogP contribution in [0.5, 0.6) is 5.75 Å². The first kappa shape index (κ1) is 18.8. The normalized spacial score (nSPS) is 11.0. The van der Waals surface area contributed by atoms with Gasteiger partial charge in [0.05, 0.1) is 0 Å². The summed E-state index contributed by atoms with van der Waals surface area (Å²) in [6.07, 6.45) is -4.14. The Labute approximate surface area is 145 Å². The Morgan fingerprint density at radius 3 is 2.44 bits per heavy atom. The van der Waals surface area contributed by atoms with Crippen molar-refractivity contribution in [3.63, 3.8) is 0 Å². The fourth-order valence-electron chi connectivity index (χ4n) is 1.91. The molecule has 2 amide bonds. The molecule has 0 bridgehead atoms. The van der Waals surface area contributed by atoms with E-state index in [4.69, 9.17) is 0 Å². The Kier molecular flexibility index (Phi) is 6.40. The van der Waals surface area contributed by atoms with Crippen LogP contribution in [-0.2, 0) is 4.79 Å². The van der Waals surface area contributed by atoms with Crippen LogP contribution in [0.4, 0.5) is 18.9 Å². The number of carbonyl (C=O) groups excluding carboxylic acids is 2. The van der Waals surface area contributed by atoms with Crippen molar-refractivity contribution >= 4 is 28.8 Å². The molecule has 134 valence electrons. The number of alkyl halides is 3. The van der Waals surface area contributed by atoms with Crippen LogP contribution in [0, 0.1) is 0 Å². The molecule has 0 atom stereocenters. The Balaban J connectivity index is 1.69. The fourth-order valence-corrected chi connectivity index (χ4v) is 2.55. The molecule has 0 aliphatic rings. The summed E-state index contributed by atoms with van der Waals surface area (Å²) in [4.78, 5) is 23.4. The Morgan fingerprint density at radius 2 is 1.84 bits per heavy atom. The van der Waals surface area contributed by atoms with Gasteiger partial charge in [-0.25, -0.2) is 0 Å². The highest BCUT2D eigenvalue weighted by Gasteiger charge is 2.30. The summed E-state index contributed by atoms with van der Waals surface area (Å²) in [7, 11) is 0. The topological polar surface area (TPSA) is 67.4 Å². The molecule has 1 aromatic carbocycles. The Morgan fingerprint density at radius 1 is 1.12 bits per heavy atom. The number of benzene rings is 1. The van der Waals surface area contributed by atoms with Gasteiger partial charge in [0.1, 0.15) is 5.75 Å². The minimum atomic E-state index is -4.75. The molecule has 0 spiro atoms. The maximum Gasteiger partial charge on any atom is 0.573 e. The standard InChI is InChI=1S/C16H15F3N2O3S/c17-16(18,19)24-13-5-3-12(4-6-13)21-14(22)2-1-8-20-15(23)11-7-9-25-10-11/h3-7,9-10H,1-2,8H2,(H,20,23)(H,21,22). The minimum Gasteiger partial charge on any atom is -0.406 e. The maximum atomic E-state index is 12.1. The molecule has 2 N–H and O–H groups in total. The van der Waals surface area contributed by atoms with Crippen LogP contribution < -0.4 is 15.4 Å². The highest BCUT2D eigenvalue weighted by atomic mass is 32.1. The average Bonchev–Trinajstić information content (AvgIpc) is 3.06. The summed E-state index contributed by atoms with van der Waals surface area (Å²) in [5, 5.41) is 8.79. The minimum absolute atomic E-state index is 0.171. The van der Waals surface area contributed by atoms with Crippen LogP contribution in [0.3, 0.4) is 0 Å². The monoisotopic (exact) mass is 372 g/mol. The van der Waals surface area contributed by atoms with E-state index in [1.807, 2.05) is 0 Å². The number of hydrogen-bond donors (Lipinski definition) is 2. The lowest BCUT2D eigenvalue weighted by molar-refractivity contribution is -0.274. The molecule has 0 aliphatic carbocycles. The smallest absolute Gasteiger partial charge is 0.406 e. The summed E-state index contributed by atoms with van der Waals surface area (Å²) in [6.45, 7) is 0.348. The summed E-state index contributed by atoms with van der Waals surface area (Å²) in [5.74, 6) is -0.849. The molecule has 0 fully saturated rings. The van der Waals surface area contributed by atoms with Crippen molar-refractivity contribution in [2.24, 2.45) is 0 Å². The van der Waals surface area contributed by atoms with Gasteiger partial charge in [0.15, 0.2) is 0 Å². The van der Waals surface area contributed by atoms with Gasteiger partial charge in [0.25, 0.3) is 5.91 Å². The van der Waals surface area contributed by atoms with Crippen LogP contribution >= 0.6 is 11.3 Å². The average molecular weight is 372 g/mol. The molecule has 0 radical (unpaired) electrons. The zero-order valence-corrected chi connectivity index (χ0v) is 13.7. The van der Waals surface area contributed by atoms with Crippen molar-refractivity contribution in [2.75, 3.05) is 11.9 Å². The largest absolute Gasteiger partial charge is 0.573 e. The zero-order valence-electron chi connectivity index (χ0n) is 12.9. The molecule has 0 aliphatic heterocycles. The molecule has 0 saturated heterocycles. The van der Waals surface area contributed by atoms with Crippen LogP contribution in [0.2, 0.25) is 0 Å². The second-order valence-electron chi connectivity index (χ2n) is 4.99. The molecule has 1 aromatic heterocycles. The SMILES string of the molecule is O=C(CCCNC(=O)c1ccsc1)Nc1ccc(OC(F)(F)F)cc1. The third-order valence-electron chi connectivity index (χ3n) is 3.02. The van der Waals surface area contributed by atoms with Gasteiger partial charge in [-0.1, -0.05) is 0 Å². The predicted octanol–water partition coefficient (Wildman–Crippen LogP) is 3.80. The van der Waals surface area contributed by atoms with E-state index in [9.17, 15) is 22.8 Å². The molecule has 25 heavy (non-hydrogen) atoms. The zero-order chi connectivity index (χ0) is 18.3. The third-order valence-corrected chi connectivity index (χ3v) is 3.70. The lowest BCUT2D eigenvalue weighted by atomic mass is 10.2. The molecule has 0 unspecified atom stereocenters. The van der Waals surface area contributed by atoms with E-state index in [2.05, 4.69) is 15.4 Å². The number of amides is 2. The number of rotatable bonds is 7. The maximum absolute atomic E-state index is 12.1. The Hall–Kier alpha value is -2.55. The van der Waals surface area contributed by atoms with E-state index in [0.717, 1.165) is 12.1 Å². The molecule has 1 heterocycles. The molecule has 9 heteroatoms. The number of thiophene rings is 1. The van der Waals surface area contributed by atoms with Gasteiger partial charge in [0, 0.05) is 29.6 Å². The van der Waals surface area contributed by atoms with E-state index < -0.39 is 6.36 Å². The van der Waals surface area contributed by atoms with Crippen molar-refractivity contribution in [2.45, 2.75) is 19.2 Å². The van der Waals surface area contributed by atoms with Crippen molar-refractivity contribution in [1.82, 2.24) is 5.32 Å². The first-order valence-electron chi connectivity index (χ1n) is 7.29. The van der Waals surface area contributed by atoms with Gasteiger partial charge >= 0.3 is 6.36 Å². The molecule has 2 aromatic rings. The lowest BCUT2D eigenvalue weighted by Crippen LogP contribution is -2.25. The first-order chi connectivity index (χ1) is 11.8. The van der Waals surface area contributed by atoms with E-state index in [1.165, 1.54) is 23.5 Å². The van der Waals surface area contributed by atoms with E-state index in [1.54, 1.807) is 16.8 Å². The second kappa shape index (κ2) is 8.52. The number of nitrogens with one attached hydrogen (secondary N) is 2. The van der Waals surface area contributed by atoms with Crippen LogP contribution in [0.25, 0.3) is 0 Å². The number of anilines is 1. The van der Waals surface area contributed by atoms with E-state index >= 15 is 0 Å². The van der Waals surface area contributed by atoms with Gasteiger partial charge < -0.3 is 15.4 Å². The van der Waals surface area contributed by atoms with Gasteiger partial charge in [-0.3, -0.25) is 9.59 Å². The highest BCUT2D eigenvalue weighted by Crippen LogP contribution is 2.23. The van der Waals surface area contributed by atoms with Gasteiger partial charge in [-0.05, 0) is 42.1 Å². The van der Waals surface area contributed by atoms with Crippen LogP contribution in [-0.4, -0.2) is 24.7 Å². The third kappa shape index (κ3) is 6.84. The molecular formula is C16H15F3N2O3S. The van der Waals surface area contributed by atoms with Crippen LogP contribution in [0.15, 0.2) is 41.1 Å². The number of carbonyl (C=O) groups is 2. The van der Waals surface area contributed by atoms with Gasteiger partial charge in [0.2, 0.25) is 5.91 Å². The number of halogens is 3. The summed E-state index contributed by atoms with van der Waals surface area (Å²) >= 11 is 1.42. The van der Waals surface area contributed by atoms with Crippen molar-refractivity contribution in [3.05, 3.63) is 46.7 Å². The number of ether oxygens (including phenoxy) is 1. The molecule has 5 nitrogen and oxygen atoms in total. The van der Waals surface area contributed by atoms with E-state index in [0.29, 0.717) is 24.2 Å². The number of hydrogen-bond acceptors (Lipinski definition) is 4. The predicted molar refractivity (Wildman–Crippen MR) is 87.6 cm³/mol. The second-order valence-corrected chi connectivity index (χ2v) is 5.77. The summed E-state index contributed by atoms with van der Waals surface area (Å²) in [6, 6.07) is 6.57. The van der Waals surface area contributed by atoms with Crippen LogP contribution in [0.1, 0.15) is 23.2 Å². The van der Waals surface area contributed by atoms with Crippen molar-refractivity contribution in [3.8, 4) is 5.75 Å². The highest BCUT2D eigenvalue weighted by molar-refractivity contribution is 7.08. The molecule has 0 saturated carbocycles. The first-order valence-corrected chi connectivity index (χ1v) is 8.24. The Bertz CT molecular complexity index is 700. The fraction of sp³-hybridized carbons (Fsp3) is 0.250. The van der Waals surface area contributed by atoms with Crippen molar-refractivity contribution < 1.29 is 27.5 Å². The lowest BCUT2D eigenvalue weighted by Gasteiger charge is -2.10. The summed E-state index contributed by atoms with van der Waals surface area (Å²) in [5.41, 5.74) is 0.942. The van der Waals surface area contributed by atoms with E-state index in [-0.39, 0.29) is 24.0 Å². The molecule has 2 rings (SSSR count). The van der Waals surface area contributed by atoms with Gasteiger partial charge in [-0.2, -0.15) is 11.3 Å².